The highest BCUT2D eigenvalue weighted by molar-refractivity contribution is 5.80. The first kappa shape index (κ1) is 27.4. The van der Waals surface area contributed by atoms with E-state index in [0.29, 0.717) is 13.0 Å². The van der Waals surface area contributed by atoms with Gasteiger partial charge < -0.3 is 9.53 Å². The predicted octanol–water partition coefficient (Wildman–Crippen LogP) is 7.41. The van der Waals surface area contributed by atoms with Crippen molar-refractivity contribution in [3.05, 3.63) is 0 Å². The number of unbranched alkanes of at least 4 members (excludes halogenated alkanes) is 13. The number of carbonyl (C=O) groups excluding carboxylic acids is 2. The molecular formula is C23H46O3. The Morgan fingerprint density at radius 3 is 1.19 bits per heavy atom. The first-order chi connectivity index (χ1) is 12.6. The normalized spacial score (nSPS) is 10.2. The Morgan fingerprint density at radius 1 is 0.577 bits per heavy atom. The lowest BCUT2D eigenvalue weighted by Crippen LogP contribution is -2.05. The molecule has 0 aliphatic rings. The SMILES string of the molecule is CCCCCCCCCCCCCCCC.CCOC(=O)CCC(C)=O. The van der Waals surface area contributed by atoms with Crippen molar-refractivity contribution >= 4 is 11.8 Å². The van der Waals surface area contributed by atoms with Crippen LogP contribution in [0.15, 0.2) is 0 Å². The third-order valence-corrected chi connectivity index (χ3v) is 4.44. The van der Waals surface area contributed by atoms with E-state index in [4.69, 9.17) is 0 Å². The van der Waals surface area contributed by atoms with Crippen LogP contribution in [0.3, 0.4) is 0 Å². The van der Waals surface area contributed by atoms with Crippen molar-refractivity contribution in [1.29, 1.82) is 0 Å². The zero-order valence-corrected chi connectivity index (χ0v) is 18.2. The maximum Gasteiger partial charge on any atom is 0.306 e. The van der Waals surface area contributed by atoms with Gasteiger partial charge >= 0.3 is 5.97 Å². The number of esters is 1. The molecular weight excluding hydrogens is 324 g/mol. The van der Waals surface area contributed by atoms with Crippen molar-refractivity contribution in [1.82, 2.24) is 0 Å². The van der Waals surface area contributed by atoms with Gasteiger partial charge in [-0.3, -0.25) is 4.79 Å². The molecule has 156 valence electrons. The lowest BCUT2D eigenvalue weighted by atomic mass is 10.0. The number of rotatable bonds is 17. The summed E-state index contributed by atoms with van der Waals surface area (Å²) in [5.74, 6) is -0.272. The summed E-state index contributed by atoms with van der Waals surface area (Å²) in [4.78, 5) is 20.9. The van der Waals surface area contributed by atoms with Gasteiger partial charge in [-0.25, -0.2) is 0 Å². The van der Waals surface area contributed by atoms with E-state index in [9.17, 15) is 9.59 Å². The van der Waals surface area contributed by atoms with Crippen molar-refractivity contribution in [3.8, 4) is 0 Å². The van der Waals surface area contributed by atoms with Crippen LogP contribution in [0.2, 0.25) is 0 Å². The van der Waals surface area contributed by atoms with Crippen LogP contribution in [0.5, 0.6) is 0 Å². The van der Waals surface area contributed by atoms with E-state index < -0.39 is 0 Å². The second-order valence-corrected chi connectivity index (χ2v) is 7.25. The maximum atomic E-state index is 10.6. The summed E-state index contributed by atoms with van der Waals surface area (Å²) < 4.78 is 4.60. The van der Waals surface area contributed by atoms with Gasteiger partial charge in [0.25, 0.3) is 0 Å². The van der Waals surface area contributed by atoms with Gasteiger partial charge in [-0.15, -0.1) is 0 Å². The molecule has 0 aromatic carbocycles. The molecule has 0 saturated heterocycles. The second kappa shape index (κ2) is 24.1. The Morgan fingerprint density at radius 2 is 0.923 bits per heavy atom. The quantitative estimate of drug-likeness (QED) is 0.198. The number of Topliss-reactive ketones (excluding diaryl/α,β-unsaturated/α-hetero) is 1. The van der Waals surface area contributed by atoms with Gasteiger partial charge in [-0.1, -0.05) is 104 Å². The summed E-state index contributed by atoms with van der Waals surface area (Å²) in [5, 5.41) is 0. The average molecular weight is 371 g/mol. The molecule has 3 heteroatoms. The fourth-order valence-corrected chi connectivity index (χ4v) is 2.78. The van der Waals surface area contributed by atoms with E-state index in [-0.39, 0.29) is 18.2 Å². The fraction of sp³-hybridized carbons (Fsp3) is 0.913. The minimum absolute atomic E-state index is 0.0213. The number of hydrogen-bond acceptors (Lipinski definition) is 3. The Hall–Kier alpha value is -0.860. The summed E-state index contributed by atoms with van der Waals surface area (Å²) in [5.41, 5.74) is 0. The van der Waals surface area contributed by atoms with Gasteiger partial charge in [0.1, 0.15) is 5.78 Å². The van der Waals surface area contributed by atoms with Crippen molar-refractivity contribution in [3.63, 3.8) is 0 Å². The number of ether oxygens (including phenoxy) is 1. The van der Waals surface area contributed by atoms with Crippen LogP contribution in [0, 0.1) is 0 Å². The molecule has 0 atom stereocenters. The lowest BCUT2D eigenvalue weighted by Gasteiger charge is -2.02. The number of carbonyl (C=O) groups is 2. The lowest BCUT2D eigenvalue weighted by molar-refractivity contribution is -0.144. The van der Waals surface area contributed by atoms with Crippen molar-refractivity contribution in [2.75, 3.05) is 6.61 Å². The topological polar surface area (TPSA) is 43.4 Å². The third kappa shape index (κ3) is 28.0. The van der Waals surface area contributed by atoms with E-state index in [0.717, 1.165) is 0 Å². The molecule has 0 aliphatic heterocycles. The van der Waals surface area contributed by atoms with Gasteiger partial charge in [0.2, 0.25) is 0 Å². The zero-order valence-electron chi connectivity index (χ0n) is 18.2. The summed E-state index contributed by atoms with van der Waals surface area (Å²) in [6.45, 7) is 8.17. The molecule has 0 N–H and O–H groups in total. The fourth-order valence-electron chi connectivity index (χ4n) is 2.78. The first-order valence-electron chi connectivity index (χ1n) is 11.2. The molecule has 0 spiro atoms. The molecule has 0 amide bonds. The standard InChI is InChI=1S/C16H34.C7H12O3/c1-3-5-7-9-11-13-15-16-14-12-10-8-6-4-2;1-3-10-7(9)5-4-6(2)8/h3-16H2,1-2H3;3-5H2,1-2H3. The summed E-state index contributed by atoms with van der Waals surface area (Å²) >= 11 is 0. The molecule has 0 fully saturated rings. The van der Waals surface area contributed by atoms with Gasteiger partial charge in [-0.2, -0.15) is 0 Å². The average Bonchev–Trinajstić information content (AvgIpc) is 2.62. The molecule has 0 aromatic rings. The van der Waals surface area contributed by atoms with Gasteiger partial charge in [0.15, 0.2) is 0 Å². The van der Waals surface area contributed by atoms with Crippen molar-refractivity contribution in [2.45, 2.75) is 130 Å². The highest BCUT2D eigenvalue weighted by atomic mass is 16.5. The van der Waals surface area contributed by atoms with Gasteiger partial charge in [0.05, 0.1) is 13.0 Å². The molecule has 0 radical (unpaired) electrons. The summed E-state index contributed by atoms with van der Waals surface area (Å²) in [7, 11) is 0. The smallest absolute Gasteiger partial charge is 0.306 e. The highest BCUT2D eigenvalue weighted by Crippen LogP contribution is 2.12. The minimum Gasteiger partial charge on any atom is -0.466 e. The van der Waals surface area contributed by atoms with E-state index >= 15 is 0 Å². The van der Waals surface area contributed by atoms with E-state index in [1.807, 2.05) is 0 Å². The second-order valence-electron chi connectivity index (χ2n) is 7.25. The van der Waals surface area contributed by atoms with Crippen LogP contribution in [0.25, 0.3) is 0 Å². The van der Waals surface area contributed by atoms with E-state index in [1.54, 1.807) is 6.92 Å². The molecule has 3 nitrogen and oxygen atoms in total. The van der Waals surface area contributed by atoms with Crippen LogP contribution in [0.1, 0.15) is 130 Å². The van der Waals surface area contributed by atoms with Crippen LogP contribution in [-0.2, 0) is 14.3 Å². The van der Waals surface area contributed by atoms with Crippen LogP contribution in [0.4, 0.5) is 0 Å². The maximum absolute atomic E-state index is 10.6. The molecule has 0 heterocycles. The molecule has 0 unspecified atom stereocenters. The van der Waals surface area contributed by atoms with Gasteiger partial charge in [-0.05, 0) is 13.8 Å². The van der Waals surface area contributed by atoms with Crippen LogP contribution < -0.4 is 0 Å². The summed E-state index contributed by atoms with van der Waals surface area (Å²) in [6, 6.07) is 0. The molecule has 0 aliphatic carbocycles. The molecule has 0 rings (SSSR count). The van der Waals surface area contributed by atoms with Crippen LogP contribution >= 0.6 is 0 Å². The Kier molecular flexibility index (Phi) is 25.4. The molecule has 0 bridgehead atoms. The minimum atomic E-state index is -0.294. The van der Waals surface area contributed by atoms with Crippen molar-refractivity contribution in [2.24, 2.45) is 0 Å². The Labute approximate surface area is 163 Å². The monoisotopic (exact) mass is 370 g/mol. The van der Waals surface area contributed by atoms with E-state index in [2.05, 4.69) is 18.6 Å². The largest absolute Gasteiger partial charge is 0.466 e. The first-order valence-corrected chi connectivity index (χ1v) is 11.2. The molecule has 0 saturated carbocycles. The molecule has 26 heavy (non-hydrogen) atoms. The zero-order chi connectivity index (χ0) is 19.9. The predicted molar refractivity (Wildman–Crippen MR) is 113 cm³/mol. The molecule has 0 aromatic heterocycles. The number of hydrogen-bond donors (Lipinski definition) is 0. The summed E-state index contributed by atoms with van der Waals surface area (Å²) in [6.07, 6.45) is 20.9. The highest BCUT2D eigenvalue weighted by Gasteiger charge is 2.02. The van der Waals surface area contributed by atoms with Crippen LogP contribution in [-0.4, -0.2) is 18.4 Å². The van der Waals surface area contributed by atoms with E-state index in [1.165, 1.54) is 96.8 Å². The third-order valence-electron chi connectivity index (χ3n) is 4.44. The van der Waals surface area contributed by atoms with Gasteiger partial charge in [0, 0.05) is 6.42 Å². The van der Waals surface area contributed by atoms with Crippen molar-refractivity contribution < 1.29 is 14.3 Å². The number of ketones is 1. The Balaban J connectivity index is 0. The Bertz CT molecular complexity index is 286.